The highest BCUT2D eigenvalue weighted by Crippen LogP contribution is 2.43. The number of aliphatic hydroxyl groups excluding tert-OH is 1. The first kappa shape index (κ1) is 19.8. The molecule has 0 spiro atoms. The zero-order valence-electron chi connectivity index (χ0n) is 16.9. The van der Waals surface area contributed by atoms with Gasteiger partial charge in [-0.2, -0.15) is 0 Å². The molecule has 2 N–H and O–H groups in total. The average Bonchev–Trinajstić information content (AvgIpc) is 3.22. The Morgan fingerprint density at radius 1 is 1.13 bits per heavy atom. The van der Waals surface area contributed by atoms with Crippen LogP contribution in [0.15, 0.2) is 52.7 Å². The normalized spacial score (nSPS) is 15.7. The SMILES string of the molecule is COc1ccc(-c2cc3c(c4c2OCC4)CCN=CC(C(=O)O)=C(O)C=C3C)cc1. The molecular formula is C24H23NO5. The van der Waals surface area contributed by atoms with E-state index in [2.05, 4.69) is 11.1 Å². The third-order valence-electron chi connectivity index (χ3n) is 5.49. The standard InChI is InChI=1S/C24H23NO5/c1-14-11-22(26)21(24(27)28)13-25-9-7-17-18-8-10-30-23(18)20(12-19(14)17)15-3-5-16(29-2)6-4-15/h3-6,11-13,26H,7-10H2,1-2H3,(H,27,28). The molecule has 0 atom stereocenters. The molecule has 2 aliphatic rings. The van der Waals surface area contributed by atoms with Crippen LogP contribution in [0.25, 0.3) is 16.7 Å². The lowest BCUT2D eigenvalue weighted by Crippen LogP contribution is -2.08. The molecule has 2 heterocycles. The molecule has 0 aromatic heterocycles. The first-order chi connectivity index (χ1) is 14.5. The van der Waals surface area contributed by atoms with Gasteiger partial charge in [-0.3, -0.25) is 4.99 Å². The maximum absolute atomic E-state index is 11.5. The summed E-state index contributed by atoms with van der Waals surface area (Å²) in [4.78, 5) is 15.7. The molecular weight excluding hydrogens is 382 g/mol. The first-order valence-electron chi connectivity index (χ1n) is 9.80. The second-order valence-corrected chi connectivity index (χ2v) is 7.30. The molecule has 0 radical (unpaired) electrons. The largest absolute Gasteiger partial charge is 0.507 e. The van der Waals surface area contributed by atoms with Crippen molar-refractivity contribution in [3.63, 3.8) is 0 Å². The number of allylic oxidation sites excluding steroid dienone is 2. The van der Waals surface area contributed by atoms with Crippen molar-refractivity contribution in [3.05, 3.63) is 64.4 Å². The van der Waals surface area contributed by atoms with Crippen LogP contribution < -0.4 is 9.47 Å². The zero-order chi connectivity index (χ0) is 21.3. The molecule has 6 heteroatoms. The van der Waals surface area contributed by atoms with Crippen molar-refractivity contribution in [2.45, 2.75) is 19.8 Å². The number of fused-ring (bicyclic) bond motifs is 3. The number of rotatable bonds is 3. The second kappa shape index (κ2) is 8.06. The zero-order valence-corrected chi connectivity index (χ0v) is 16.9. The number of benzene rings is 2. The molecule has 6 nitrogen and oxygen atoms in total. The smallest absolute Gasteiger partial charge is 0.341 e. The summed E-state index contributed by atoms with van der Waals surface area (Å²) in [6.07, 6.45) is 4.20. The van der Waals surface area contributed by atoms with Gasteiger partial charge in [0.15, 0.2) is 0 Å². The highest BCUT2D eigenvalue weighted by Gasteiger charge is 2.25. The fourth-order valence-electron chi connectivity index (χ4n) is 3.99. The Balaban J connectivity index is 1.92. The van der Waals surface area contributed by atoms with Gasteiger partial charge in [-0.25, -0.2) is 4.79 Å². The molecule has 0 amide bonds. The van der Waals surface area contributed by atoms with Crippen LogP contribution in [0.3, 0.4) is 0 Å². The summed E-state index contributed by atoms with van der Waals surface area (Å²) in [5.74, 6) is 0.154. The number of methoxy groups -OCH3 is 1. The Labute approximate surface area is 174 Å². The number of aliphatic carboxylic acids is 1. The molecule has 2 aromatic carbocycles. The van der Waals surface area contributed by atoms with E-state index in [1.165, 1.54) is 12.3 Å². The van der Waals surface area contributed by atoms with Gasteiger partial charge in [0.2, 0.25) is 0 Å². The fourth-order valence-corrected chi connectivity index (χ4v) is 3.99. The van der Waals surface area contributed by atoms with Crippen molar-refractivity contribution in [3.8, 4) is 22.6 Å². The minimum absolute atomic E-state index is 0.210. The van der Waals surface area contributed by atoms with E-state index in [1.54, 1.807) is 7.11 Å². The highest BCUT2D eigenvalue weighted by molar-refractivity contribution is 6.09. The van der Waals surface area contributed by atoms with Crippen molar-refractivity contribution in [1.82, 2.24) is 0 Å². The number of hydrogen-bond acceptors (Lipinski definition) is 5. The molecule has 0 fully saturated rings. The van der Waals surface area contributed by atoms with E-state index in [9.17, 15) is 15.0 Å². The third kappa shape index (κ3) is 3.56. The van der Waals surface area contributed by atoms with Gasteiger partial charge in [0, 0.05) is 30.3 Å². The van der Waals surface area contributed by atoms with Crippen LogP contribution in [-0.4, -0.2) is 42.7 Å². The number of aliphatic hydroxyl groups is 1. The van der Waals surface area contributed by atoms with Crippen LogP contribution in [0, 0.1) is 0 Å². The van der Waals surface area contributed by atoms with Gasteiger partial charge in [0.25, 0.3) is 0 Å². The van der Waals surface area contributed by atoms with E-state index in [4.69, 9.17) is 9.47 Å². The van der Waals surface area contributed by atoms with Crippen LogP contribution in [0.1, 0.15) is 23.6 Å². The van der Waals surface area contributed by atoms with Gasteiger partial charge in [-0.15, -0.1) is 0 Å². The molecule has 0 unspecified atom stereocenters. The van der Waals surface area contributed by atoms with Gasteiger partial charge in [0.05, 0.1) is 13.7 Å². The molecule has 0 saturated heterocycles. The van der Waals surface area contributed by atoms with E-state index in [1.807, 2.05) is 31.2 Å². The minimum atomic E-state index is -1.21. The molecule has 0 bridgehead atoms. The van der Waals surface area contributed by atoms with Crippen LogP contribution in [0.4, 0.5) is 0 Å². The van der Waals surface area contributed by atoms with Crippen molar-refractivity contribution in [2.24, 2.45) is 4.99 Å². The summed E-state index contributed by atoms with van der Waals surface area (Å²) in [5.41, 5.74) is 5.82. The predicted octanol–water partition coefficient (Wildman–Crippen LogP) is 4.22. The summed E-state index contributed by atoms with van der Waals surface area (Å²) in [5, 5.41) is 19.8. The number of carboxylic acids is 1. The summed E-state index contributed by atoms with van der Waals surface area (Å²) in [7, 11) is 1.63. The summed E-state index contributed by atoms with van der Waals surface area (Å²) in [6.45, 7) is 2.93. The molecule has 0 saturated carbocycles. The molecule has 0 aliphatic carbocycles. The highest BCUT2D eigenvalue weighted by atomic mass is 16.5. The number of nitrogens with zero attached hydrogens (tertiary/aromatic N) is 1. The number of carboxylic acid groups (broad SMARTS) is 1. The van der Waals surface area contributed by atoms with E-state index in [0.717, 1.165) is 51.3 Å². The quantitative estimate of drug-likeness (QED) is 0.798. The Morgan fingerprint density at radius 3 is 2.60 bits per heavy atom. The van der Waals surface area contributed by atoms with E-state index in [0.29, 0.717) is 19.6 Å². The van der Waals surface area contributed by atoms with Gasteiger partial charge >= 0.3 is 5.97 Å². The molecule has 30 heavy (non-hydrogen) atoms. The first-order valence-corrected chi connectivity index (χ1v) is 9.80. The number of aliphatic imine (C=N–C) groups is 1. The van der Waals surface area contributed by atoms with E-state index < -0.39 is 5.97 Å². The number of carbonyl (C=O) groups is 1. The lowest BCUT2D eigenvalue weighted by Gasteiger charge is -2.19. The van der Waals surface area contributed by atoms with Gasteiger partial charge in [-0.1, -0.05) is 12.1 Å². The lowest BCUT2D eigenvalue weighted by atomic mass is 9.87. The Kier molecular flexibility index (Phi) is 5.31. The van der Waals surface area contributed by atoms with Crippen LogP contribution >= 0.6 is 0 Å². The lowest BCUT2D eigenvalue weighted by molar-refractivity contribution is -0.132. The third-order valence-corrected chi connectivity index (χ3v) is 5.49. The Bertz CT molecular complexity index is 1090. The molecule has 4 rings (SSSR count). The molecule has 2 aliphatic heterocycles. The maximum Gasteiger partial charge on any atom is 0.341 e. The minimum Gasteiger partial charge on any atom is -0.507 e. The van der Waals surface area contributed by atoms with Gasteiger partial charge < -0.3 is 19.7 Å². The summed E-state index contributed by atoms with van der Waals surface area (Å²) >= 11 is 0. The van der Waals surface area contributed by atoms with Gasteiger partial charge in [0.1, 0.15) is 22.8 Å². The second-order valence-electron chi connectivity index (χ2n) is 7.30. The maximum atomic E-state index is 11.5. The fraction of sp³-hybridized carbons (Fsp3) is 0.250. The van der Waals surface area contributed by atoms with Crippen molar-refractivity contribution in [2.75, 3.05) is 20.3 Å². The Hall–Kier alpha value is -3.54. The summed E-state index contributed by atoms with van der Waals surface area (Å²) in [6, 6.07) is 9.87. The van der Waals surface area contributed by atoms with Crippen LogP contribution in [0.5, 0.6) is 11.5 Å². The van der Waals surface area contributed by atoms with E-state index in [-0.39, 0.29) is 11.3 Å². The average molecular weight is 405 g/mol. The van der Waals surface area contributed by atoms with Crippen molar-refractivity contribution in [1.29, 1.82) is 0 Å². The van der Waals surface area contributed by atoms with Gasteiger partial charge in [-0.05, 0) is 59.9 Å². The molecule has 2 aromatic rings. The predicted molar refractivity (Wildman–Crippen MR) is 116 cm³/mol. The Morgan fingerprint density at radius 2 is 1.90 bits per heavy atom. The number of ether oxygens (including phenoxy) is 2. The monoisotopic (exact) mass is 405 g/mol. The topological polar surface area (TPSA) is 88.4 Å². The van der Waals surface area contributed by atoms with Crippen LogP contribution in [0.2, 0.25) is 0 Å². The van der Waals surface area contributed by atoms with E-state index >= 15 is 0 Å². The van der Waals surface area contributed by atoms with Crippen molar-refractivity contribution < 1.29 is 24.5 Å². The van der Waals surface area contributed by atoms with Crippen LogP contribution in [-0.2, 0) is 17.6 Å². The summed E-state index contributed by atoms with van der Waals surface area (Å²) < 4.78 is 11.3. The number of hydrogen-bond donors (Lipinski definition) is 2. The molecule has 154 valence electrons. The van der Waals surface area contributed by atoms with Crippen molar-refractivity contribution >= 4 is 17.8 Å².